The van der Waals surface area contributed by atoms with Gasteiger partial charge in [-0.25, -0.2) is 4.79 Å². The zero-order valence-corrected chi connectivity index (χ0v) is 15.8. The van der Waals surface area contributed by atoms with Gasteiger partial charge in [0.05, 0.1) is 6.54 Å². The van der Waals surface area contributed by atoms with Gasteiger partial charge in [-0.3, -0.25) is 19.4 Å². The minimum absolute atomic E-state index is 0.0680. The average molecular weight is 372 g/mol. The Kier molecular flexibility index (Phi) is 6.45. The standard InChI is InChI=1S/C20H28N4O3/c1-2-23-12-6-9-16(23)13-21-18(25)11-10-17-19(26)24(20(27)22-17)14-15-7-4-3-5-8-15/h3-5,7-8,16-17H,2,6,9-14H2,1H3,(H,21,25)(H,22,27)/t16-,17+/m1/s1. The van der Waals surface area contributed by atoms with Gasteiger partial charge >= 0.3 is 6.03 Å². The van der Waals surface area contributed by atoms with Crippen LogP contribution in [0.1, 0.15) is 38.2 Å². The molecule has 1 aromatic rings. The van der Waals surface area contributed by atoms with E-state index in [9.17, 15) is 14.4 Å². The summed E-state index contributed by atoms with van der Waals surface area (Å²) in [5.74, 6) is -0.328. The summed E-state index contributed by atoms with van der Waals surface area (Å²) < 4.78 is 0. The number of hydrogen-bond acceptors (Lipinski definition) is 4. The first kappa shape index (κ1) is 19.4. The van der Waals surface area contributed by atoms with Crippen molar-refractivity contribution >= 4 is 17.8 Å². The van der Waals surface area contributed by atoms with Gasteiger partial charge in [-0.2, -0.15) is 0 Å². The third kappa shape index (κ3) is 4.86. The smallest absolute Gasteiger partial charge is 0.325 e. The zero-order chi connectivity index (χ0) is 19.2. The van der Waals surface area contributed by atoms with E-state index in [2.05, 4.69) is 22.5 Å². The van der Waals surface area contributed by atoms with Gasteiger partial charge in [0, 0.05) is 19.0 Å². The molecule has 1 aromatic carbocycles. The molecule has 2 aliphatic rings. The monoisotopic (exact) mass is 372 g/mol. The number of carbonyl (C=O) groups is 3. The van der Waals surface area contributed by atoms with Crippen LogP contribution in [0.4, 0.5) is 4.79 Å². The fraction of sp³-hybridized carbons (Fsp3) is 0.550. The summed E-state index contributed by atoms with van der Waals surface area (Å²) in [6.07, 6.45) is 2.84. The molecule has 2 atom stereocenters. The van der Waals surface area contributed by atoms with Crippen molar-refractivity contribution in [2.24, 2.45) is 0 Å². The zero-order valence-electron chi connectivity index (χ0n) is 15.8. The Morgan fingerprint density at radius 3 is 2.78 bits per heavy atom. The fourth-order valence-corrected chi connectivity index (χ4v) is 3.83. The van der Waals surface area contributed by atoms with E-state index in [0.717, 1.165) is 25.1 Å². The highest BCUT2D eigenvalue weighted by Gasteiger charge is 2.37. The van der Waals surface area contributed by atoms with Crippen LogP contribution in [0, 0.1) is 0 Å². The first-order valence-electron chi connectivity index (χ1n) is 9.75. The molecular formula is C20H28N4O3. The Morgan fingerprint density at radius 2 is 2.04 bits per heavy atom. The summed E-state index contributed by atoms with van der Waals surface area (Å²) in [5, 5.41) is 5.66. The van der Waals surface area contributed by atoms with Crippen LogP contribution in [0.3, 0.4) is 0 Å². The van der Waals surface area contributed by atoms with Gasteiger partial charge < -0.3 is 10.6 Å². The number of likely N-dealkylation sites (tertiary alicyclic amines) is 1. The lowest BCUT2D eigenvalue weighted by molar-refractivity contribution is -0.128. The van der Waals surface area contributed by atoms with Gasteiger partial charge in [-0.1, -0.05) is 37.3 Å². The van der Waals surface area contributed by atoms with Crippen molar-refractivity contribution in [2.75, 3.05) is 19.6 Å². The number of benzene rings is 1. The third-order valence-corrected chi connectivity index (χ3v) is 5.39. The first-order chi connectivity index (χ1) is 13.1. The van der Waals surface area contributed by atoms with Crippen LogP contribution in [0.15, 0.2) is 30.3 Å². The lowest BCUT2D eigenvalue weighted by atomic mass is 10.1. The molecule has 2 N–H and O–H groups in total. The molecule has 0 spiro atoms. The van der Waals surface area contributed by atoms with Gasteiger partial charge in [0.2, 0.25) is 5.91 Å². The lowest BCUT2D eigenvalue weighted by Gasteiger charge is -2.22. The van der Waals surface area contributed by atoms with E-state index >= 15 is 0 Å². The molecule has 0 unspecified atom stereocenters. The van der Waals surface area contributed by atoms with Crippen molar-refractivity contribution < 1.29 is 14.4 Å². The van der Waals surface area contributed by atoms with Crippen molar-refractivity contribution in [3.8, 4) is 0 Å². The Bertz CT molecular complexity index is 679. The summed E-state index contributed by atoms with van der Waals surface area (Å²) in [4.78, 5) is 40.3. The number of likely N-dealkylation sites (N-methyl/N-ethyl adjacent to an activating group) is 1. The van der Waals surface area contributed by atoms with Crippen molar-refractivity contribution in [2.45, 2.75) is 51.2 Å². The van der Waals surface area contributed by atoms with Gasteiger partial charge in [0.25, 0.3) is 5.91 Å². The molecule has 2 fully saturated rings. The SMILES string of the molecule is CCN1CCC[C@@H]1CNC(=O)CC[C@@H]1NC(=O)N(Cc2ccccc2)C1=O. The number of imide groups is 1. The Hall–Kier alpha value is -2.41. The normalized spacial score (nSPS) is 22.9. The van der Waals surface area contributed by atoms with E-state index in [1.165, 1.54) is 11.3 Å². The molecule has 0 bridgehead atoms. The minimum atomic E-state index is -0.620. The molecular weight excluding hydrogens is 344 g/mol. The summed E-state index contributed by atoms with van der Waals surface area (Å²) in [6.45, 7) is 5.13. The largest absolute Gasteiger partial charge is 0.355 e. The van der Waals surface area contributed by atoms with E-state index in [-0.39, 0.29) is 30.8 Å². The Balaban J connectivity index is 1.43. The average Bonchev–Trinajstić information content (AvgIpc) is 3.25. The van der Waals surface area contributed by atoms with Gasteiger partial charge in [0.1, 0.15) is 6.04 Å². The van der Waals surface area contributed by atoms with Crippen LogP contribution in [-0.2, 0) is 16.1 Å². The van der Waals surface area contributed by atoms with Gasteiger partial charge in [-0.15, -0.1) is 0 Å². The maximum atomic E-state index is 12.5. The van der Waals surface area contributed by atoms with E-state index in [1.54, 1.807) is 0 Å². The minimum Gasteiger partial charge on any atom is -0.355 e. The molecule has 4 amide bonds. The number of hydrogen-bond donors (Lipinski definition) is 2. The molecule has 2 aliphatic heterocycles. The Labute approximate surface area is 160 Å². The van der Waals surface area contributed by atoms with E-state index in [0.29, 0.717) is 19.0 Å². The molecule has 146 valence electrons. The molecule has 7 heteroatoms. The summed E-state index contributed by atoms with van der Waals surface area (Å²) in [7, 11) is 0. The molecule has 27 heavy (non-hydrogen) atoms. The Morgan fingerprint density at radius 1 is 1.26 bits per heavy atom. The summed E-state index contributed by atoms with van der Waals surface area (Å²) in [6, 6.07) is 8.80. The van der Waals surface area contributed by atoms with Crippen molar-refractivity contribution in [1.82, 2.24) is 20.4 Å². The van der Waals surface area contributed by atoms with Crippen LogP contribution >= 0.6 is 0 Å². The maximum Gasteiger partial charge on any atom is 0.325 e. The van der Waals surface area contributed by atoms with Crippen molar-refractivity contribution in [1.29, 1.82) is 0 Å². The fourth-order valence-electron chi connectivity index (χ4n) is 3.83. The molecule has 0 radical (unpaired) electrons. The highest BCUT2D eigenvalue weighted by Crippen LogP contribution is 2.17. The maximum absolute atomic E-state index is 12.5. The topological polar surface area (TPSA) is 81.8 Å². The molecule has 3 rings (SSSR count). The van der Waals surface area contributed by atoms with Crippen LogP contribution < -0.4 is 10.6 Å². The predicted molar refractivity (Wildman–Crippen MR) is 102 cm³/mol. The van der Waals surface area contributed by atoms with Crippen molar-refractivity contribution in [3.63, 3.8) is 0 Å². The van der Waals surface area contributed by atoms with Crippen LogP contribution in [0.5, 0.6) is 0 Å². The second-order valence-electron chi connectivity index (χ2n) is 7.18. The van der Waals surface area contributed by atoms with Crippen LogP contribution in [0.2, 0.25) is 0 Å². The predicted octanol–water partition coefficient (Wildman–Crippen LogP) is 1.49. The first-order valence-corrected chi connectivity index (χ1v) is 9.75. The second kappa shape index (κ2) is 8.99. The van der Waals surface area contributed by atoms with Gasteiger partial charge in [0.15, 0.2) is 0 Å². The molecule has 2 saturated heterocycles. The molecule has 2 heterocycles. The number of urea groups is 1. The van der Waals surface area contributed by atoms with Crippen LogP contribution in [0.25, 0.3) is 0 Å². The second-order valence-corrected chi connectivity index (χ2v) is 7.18. The van der Waals surface area contributed by atoms with E-state index in [1.807, 2.05) is 30.3 Å². The molecule has 0 aromatic heterocycles. The number of rotatable bonds is 8. The molecule has 0 aliphatic carbocycles. The van der Waals surface area contributed by atoms with Crippen molar-refractivity contribution in [3.05, 3.63) is 35.9 Å². The molecule has 0 saturated carbocycles. The van der Waals surface area contributed by atoms with E-state index in [4.69, 9.17) is 0 Å². The highest BCUT2D eigenvalue weighted by atomic mass is 16.2. The summed E-state index contributed by atoms with van der Waals surface area (Å²) >= 11 is 0. The number of nitrogens with one attached hydrogen (secondary N) is 2. The summed E-state index contributed by atoms with van der Waals surface area (Å²) in [5.41, 5.74) is 0.899. The quantitative estimate of drug-likeness (QED) is 0.678. The molecule has 7 nitrogen and oxygen atoms in total. The third-order valence-electron chi connectivity index (χ3n) is 5.39. The highest BCUT2D eigenvalue weighted by molar-refractivity contribution is 6.04. The number of amides is 4. The van der Waals surface area contributed by atoms with Crippen LogP contribution in [-0.4, -0.2) is 59.4 Å². The van der Waals surface area contributed by atoms with E-state index < -0.39 is 6.04 Å². The number of carbonyl (C=O) groups excluding carboxylic acids is 3. The number of nitrogens with zero attached hydrogens (tertiary/aromatic N) is 2. The lowest BCUT2D eigenvalue weighted by Crippen LogP contribution is -2.40. The van der Waals surface area contributed by atoms with Gasteiger partial charge in [-0.05, 0) is 37.9 Å².